The predicted octanol–water partition coefficient (Wildman–Crippen LogP) is 4.25. The molecule has 0 aliphatic carbocycles. The van der Waals surface area contributed by atoms with E-state index in [-0.39, 0.29) is 57.0 Å². The summed E-state index contributed by atoms with van der Waals surface area (Å²) in [6.45, 7) is 3.18. The first-order valence-electron chi connectivity index (χ1n) is 11.0. The Morgan fingerprint density at radius 3 is 1.79 bits per heavy atom. The molecule has 0 radical (unpaired) electrons. The van der Waals surface area contributed by atoms with Gasteiger partial charge in [0, 0.05) is 20.8 Å². The van der Waals surface area contributed by atoms with Gasteiger partial charge in [0.25, 0.3) is 0 Å². The van der Waals surface area contributed by atoms with Crippen LogP contribution in [0.4, 0.5) is 0 Å². The molecule has 0 amide bonds. The molecular weight excluding hydrogens is 587 g/mol. The molecule has 0 spiro atoms. The van der Waals surface area contributed by atoms with Crippen LogP contribution in [-0.2, 0) is 38.4 Å². The molecule has 0 fully saturated rings. The van der Waals surface area contributed by atoms with Crippen molar-refractivity contribution in [1.29, 1.82) is 0 Å². The number of hydrogen-bond acceptors (Lipinski definition) is 10. The van der Waals surface area contributed by atoms with Crippen molar-refractivity contribution in [3.8, 4) is 11.5 Å². The molecular formula is C24H25Cl3O10S. The first-order valence-corrected chi connectivity index (χ1v) is 13.7. The first-order chi connectivity index (χ1) is 17.8. The summed E-state index contributed by atoms with van der Waals surface area (Å²) in [5.74, 6) is -1.40. The van der Waals surface area contributed by atoms with Gasteiger partial charge in [0.15, 0.2) is 11.9 Å². The Labute approximate surface area is 234 Å². The monoisotopic (exact) mass is 610 g/mol. The molecule has 0 aliphatic rings. The Bertz CT molecular complexity index is 1230. The molecule has 0 unspecified atom stereocenters. The third-order valence-electron chi connectivity index (χ3n) is 4.58. The number of sulfone groups is 1. The maximum absolute atomic E-state index is 13.2. The number of carbonyl (C=O) groups is 3. The maximum Gasteiger partial charge on any atom is 0.303 e. The van der Waals surface area contributed by atoms with Crippen LogP contribution in [0, 0.1) is 0 Å². The van der Waals surface area contributed by atoms with Gasteiger partial charge in [0.2, 0.25) is 9.84 Å². The minimum absolute atomic E-state index is 0.00869. The summed E-state index contributed by atoms with van der Waals surface area (Å²) in [6, 6.07) is 7.81. The van der Waals surface area contributed by atoms with E-state index in [1.165, 1.54) is 57.2 Å². The van der Waals surface area contributed by atoms with Gasteiger partial charge in [0.1, 0.15) is 31.7 Å². The number of rotatable bonds is 13. The molecule has 0 aromatic heterocycles. The van der Waals surface area contributed by atoms with Crippen LogP contribution in [0.25, 0.3) is 0 Å². The van der Waals surface area contributed by atoms with Crippen molar-refractivity contribution in [2.45, 2.75) is 42.8 Å². The summed E-state index contributed by atoms with van der Waals surface area (Å²) < 4.78 is 52.2. The van der Waals surface area contributed by atoms with Gasteiger partial charge in [-0.1, -0.05) is 23.2 Å². The zero-order valence-corrected chi connectivity index (χ0v) is 23.7. The lowest BCUT2D eigenvalue weighted by Gasteiger charge is -2.18. The highest BCUT2D eigenvalue weighted by atomic mass is 35.5. The fourth-order valence-corrected chi connectivity index (χ4v) is 5.14. The van der Waals surface area contributed by atoms with Gasteiger partial charge in [-0.15, -0.1) is 11.6 Å². The van der Waals surface area contributed by atoms with Crippen molar-refractivity contribution >= 4 is 62.5 Å². The third kappa shape index (κ3) is 9.54. The third-order valence-corrected chi connectivity index (χ3v) is 7.23. The summed E-state index contributed by atoms with van der Waals surface area (Å²) in [7, 11) is -4.03. The molecule has 2 aromatic rings. The molecule has 2 rings (SSSR count). The molecule has 0 aliphatic heterocycles. The van der Waals surface area contributed by atoms with Gasteiger partial charge in [-0.3, -0.25) is 14.4 Å². The summed E-state index contributed by atoms with van der Waals surface area (Å²) >= 11 is 18.2. The van der Waals surface area contributed by atoms with E-state index in [2.05, 4.69) is 0 Å². The zero-order valence-electron chi connectivity index (χ0n) is 20.6. The number of esters is 3. The molecule has 10 nitrogen and oxygen atoms in total. The van der Waals surface area contributed by atoms with Crippen LogP contribution in [0.5, 0.6) is 11.5 Å². The van der Waals surface area contributed by atoms with Crippen LogP contribution < -0.4 is 9.47 Å². The lowest BCUT2D eigenvalue weighted by molar-refractivity contribution is -0.158. The number of carbonyl (C=O) groups excluding carboxylic acids is 3. The number of alkyl halides is 1. The largest absolute Gasteiger partial charge is 0.490 e. The second kappa shape index (κ2) is 14.4. The molecule has 0 saturated heterocycles. The van der Waals surface area contributed by atoms with E-state index in [1.54, 1.807) is 0 Å². The fraction of sp³-hybridized carbons (Fsp3) is 0.375. The molecule has 0 saturated carbocycles. The second-order valence-corrected chi connectivity index (χ2v) is 10.8. The molecule has 0 bridgehead atoms. The number of halogens is 3. The van der Waals surface area contributed by atoms with Gasteiger partial charge >= 0.3 is 17.9 Å². The zero-order chi connectivity index (χ0) is 28.5. The fourth-order valence-electron chi connectivity index (χ4n) is 2.95. The smallest absolute Gasteiger partial charge is 0.303 e. The minimum atomic E-state index is -4.03. The van der Waals surface area contributed by atoms with Gasteiger partial charge in [-0.05, 0) is 36.4 Å². The van der Waals surface area contributed by atoms with Crippen molar-refractivity contribution in [1.82, 2.24) is 0 Å². The Morgan fingerprint density at radius 1 is 0.763 bits per heavy atom. The standard InChI is InChI=1S/C24H25Cl3O10S/c1-14(28)33-12-19(37-16(3)30)13-34-17-4-6-20(7-5-17)38(31,32)21-8-22(26)24(23(27)9-21)35-11-18(10-25)36-15(2)29/h4-9,18-19H,10-13H2,1-3H3/t18-,19+/m1/s1. The van der Waals surface area contributed by atoms with Crippen molar-refractivity contribution in [3.05, 3.63) is 46.4 Å². The number of hydrogen-bond donors (Lipinski definition) is 0. The highest BCUT2D eigenvalue weighted by Gasteiger charge is 2.23. The Balaban J connectivity index is 2.14. The average Bonchev–Trinajstić information content (AvgIpc) is 2.83. The summed E-state index contributed by atoms with van der Waals surface area (Å²) in [5.41, 5.74) is 0. The molecule has 0 N–H and O–H groups in total. The normalized spacial score (nSPS) is 12.7. The van der Waals surface area contributed by atoms with Crippen LogP contribution in [0.2, 0.25) is 10.0 Å². The highest BCUT2D eigenvalue weighted by Crippen LogP contribution is 2.37. The van der Waals surface area contributed by atoms with Crippen LogP contribution in [0.3, 0.4) is 0 Å². The summed E-state index contributed by atoms with van der Waals surface area (Å²) in [5, 5.41) is -0.145. The average molecular weight is 612 g/mol. The first kappa shape index (κ1) is 31.5. The van der Waals surface area contributed by atoms with Crippen molar-refractivity contribution in [3.63, 3.8) is 0 Å². The molecule has 0 heterocycles. The van der Waals surface area contributed by atoms with Crippen molar-refractivity contribution in [2.75, 3.05) is 25.7 Å². The SMILES string of the molecule is CC(=O)OC[C@@H](COc1ccc(S(=O)(=O)c2cc(Cl)c(OC[C@@H](CCl)OC(C)=O)c(Cl)c2)cc1)OC(C)=O. The Kier molecular flexibility index (Phi) is 12.0. The van der Waals surface area contributed by atoms with Crippen LogP contribution in [0.15, 0.2) is 46.2 Å². The maximum atomic E-state index is 13.2. The highest BCUT2D eigenvalue weighted by molar-refractivity contribution is 7.91. The predicted molar refractivity (Wildman–Crippen MR) is 138 cm³/mol. The topological polar surface area (TPSA) is 132 Å². The Morgan fingerprint density at radius 2 is 1.29 bits per heavy atom. The van der Waals surface area contributed by atoms with E-state index in [4.69, 9.17) is 58.5 Å². The quantitative estimate of drug-likeness (QED) is 0.184. The van der Waals surface area contributed by atoms with Crippen molar-refractivity contribution < 1.29 is 46.5 Å². The number of ether oxygens (including phenoxy) is 5. The molecule has 38 heavy (non-hydrogen) atoms. The molecule has 2 atom stereocenters. The van der Waals surface area contributed by atoms with Crippen LogP contribution >= 0.6 is 34.8 Å². The summed E-state index contributed by atoms with van der Waals surface area (Å²) in [4.78, 5) is 33.1. The second-order valence-electron chi connectivity index (χ2n) is 7.73. The molecule has 2 aromatic carbocycles. The van der Waals surface area contributed by atoms with Gasteiger partial charge in [-0.2, -0.15) is 0 Å². The van der Waals surface area contributed by atoms with E-state index in [0.29, 0.717) is 0 Å². The van der Waals surface area contributed by atoms with E-state index < -0.39 is 40.0 Å². The van der Waals surface area contributed by atoms with Gasteiger partial charge in [0.05, 0.1) is 25.7 Å². The van der Waals surface area contributed by atoms with Crippen LogP contribution in [-0.4, -0.2) is 64.2 Å². The van der Waals surface area contributed by atoms with Gasteiger partial charge in [-0.25, -0.2) is 8.42 Å². The lowest BCUT2D eigenvalue weighted by atomic mass is 10.3. The van der Waals surface area contributed by atoms with E-state index in [1.807, 2.05) is 0 Å². The van der Waals surface area contributed by atoms with Crippen molar-refractivity contribution in [2.24, 2.45) is 0 Å². The summed E-state index contributed by atoms with van der Waals surface area (Å²) in [6.07, 6.45) is -1.60. The van der Waals surface area contributed by atoms with E-state index in [9.17, 15) is 22.8 Å². The van der Waals surface area contributed by atoms with Crippen LogP contribution in [0.1, 0.15) is 20.8 Å². The number of benzene rings is 2. The molecule has 14 heteroatoms. The Hall–Kier alpha value is -2.73. The minimum Gasteiger partial charge on any atom is -0.490 e. The van der Waals surface area contributed by atoms with Gasteiger partial charge < -0.3 is 23.7 Å². The molecule has 208 valence electrons. The van der Waals surface area contributed by atoms with E-state index in [0.717, 1.165) is 0 Å². The van der Waals surface area contributed by atoms with E-state index >= 15 is 0 Å². The lowest BCUT2D eigenvalue weighted by Crippen LogP contribution is -2.29.